The van der Waals surface area contributed by atoms with Gasteiger partial charge in [0.2, 0.25) is 0 Å². The average Bonchev–Trinajstić information content (AvgIpc) is 3.15. The zero-order chi connectivity index (χ0) is 29.8. The van der Waals surface area contributed by atoms with Crippen molar-refractivity contribution in [3.8, 4) is 5.75 Å². The number of ether oxygens (including phenoxy) is 1. The van der Waals surface area contributed by atoms with Gasteiger partial charge in [0.1, 0.15) is 5.75 Å². The van der Waals surface area contributed by atoms with Crippen LogP contribution in [0.2, 0.25) is 0 Å². The molecule has 1 saturated heterocycles. The van der Waals surface area contributed by atoms with Crippen molar-refractivity contribution in [3.63, 3.8) is 0 Å². The molecule has 0 radical (unpaired) electrons. The Bertz CT molecular complexity index is 1270. The third kappa shape index (κ3) is 5.35. The van der Waals surface area contributed by atoms with Crippen molar-refractivity contribution in [3.05, 3.63) is 58.1 Å². The normalized spacial score (nSPS) is 19.2. The van der Waals surface area contributed by atoms with Gasteiger partial charge in [-0.1, -0.05) is 6.07 Å². The Balaban J connectivity index is 1.71. The lowest BCUT2D eigenvalue weighted by atomic mass is 9.86. The lowest BCUT2D eigenvalue weighted by Gasteiger charge is -2.35. The minimum Gasteiger partial charge on any atom is -0.495 e. The number of alkyl halides is 9. The van der Waals surface area contributed by atoms with Crippen LogP contribution < -0.4 is 9.64 Å². The van der Waals surface area contributed by atoms with E-state index in [4.69, 9.17) is 4.74 Å². The predicted octanol–water partition coefficient (Wildman–Crippen LogP) is 5.38. The molecule has 14 heteroatoms. The number of Topliss-reactive ketones (excluding diaryl/α,β-unsaturated/α-hetero) is 1. The Labute approximate surface area is 223 Å². The fourth-order valence-corrected chi connectivity index (χ4v) is 5.17. The molecule has 0 bridgehead atoms. The number of carbonyl (C=O) groups is 1. The molecule has 0 amide bonds. The number of ketones is 1. The summed E-state index contributed by atoms with van der Waals surface area (Å²) >= 11 is 0. The highest BCUT2D eigenvalue weighted by Gasteiger charge is 2.71. The van der Waals surface area contributed by atoms with Gasteiger partial charge < -0.3 is 19.6 Å². The van der Waals surface area contributed by atoms with Crippen molar-refractivity contribution in [1.29, 1.82) is 0 Å². The highest BCUT2D eigenvalue weighted by Crippen LogP contribution is 2.51. The Morgan fingerprint density at radius 3 is 1.98 bits per heavy atom. The minimum atomic E-state index is -6.37. The van der Waals surface area contributed by atoms with Gasteiger partial charge in [-0.3, -0.25) is 4.79 Å². The second-order valence-electron chi connectivity index (χ2n) is 10.1. The van der Waals surface area contributed by atoms with Crippen LogP contribution in [-0.2, 0) is 24.6 Å². The number of methoxy groups -OCH3 is 1. The number of hydrogen-bond donors (Lipinski definition) is 1. The Kier molecular flexibility index (Phi) is 7.59. The topological polar surface area (TPSA) is 53.0 Å². The number of likely N-dealkylation sites (N-methyl/N-ethyl adjacent to an activating group) is 1. The SMILES string of the molecule is COc1cc2c(cc1N1CCN(C)CC1)CC(Cc1cc(C(F)(F)F)cc(C(O)(C(F)(F)F)C(F)(F)F)c1)C2=O. The Hall–Kier alpha value is -3.00. The van der Waals surface area contributed by atoms with Crippen LogP contribution in [0.15, 0.2) is 30.3 Å². The molecule has 5 nitrogen and oxygen atoms in total. The summed E-state index contributed by atoms with van der Waals surface area (Å²) < 4.78 is 127. The van der Waals surface area contributed by atoms with Crippen LogP contribution in [0.1, 0.15) is 32.6 Å². The molecule has 220 valence electrons. The molecule has 1 fully saturated rings. The zero-order valence-electron chi connectivity index (χ0n) is 21.3. The van der Waals surface area contributed by atoms with E-state index in [-0.39, 0.29) is 24.1 Å². The number of aliphatic hydroxyl groups is 1. The van der Waals surface area contributed by atoms with Crippen molar-refractivity contribution in [1.82, 2.24) is 4.90 Å². The first kappa shape index (κ1) is 30.0. The van der Waals surface area contributed by atoms with Crippen LogP contribution in [0.25, 0.3) is 0 Å². The molecule has 1 atom stereocenters. The number of benzene rings is 2. The Morgan fingerprint density at radius 2 is 1.45 bits per heavy atom. The van der Waals surface area contributed by atoms with Gasteiger partial charge in [0.25, 0.3) is 5.60 Å². The van der Waals surface area contributed by atoms with E-state index in [2.05, 4.69) is 4.90 Å². The van der Waals surface area contributed by atoms with Gasteiger partial charge in [0.05, 0.1) is 18.4 Å². The molecule has 0 aromatic heterocycles. The number of carbonyl (C=O) groups excluding carboxylic acids is 1. The van der Waals surface area contributed by atoms with Gasteiger partial charge in [-0.2, -0.15) is 39.5 Å². The van der Waals surface area contributed by atoms with E-state index in [1.54, 1.807) is 6.07 Å². The van der Waals surface area contributed by atoms with E-state index >= 15 is 0 Å². The molecule has 0 spiro atoms. The van der Waals surface area contributed by atoms with E-state index in [0.717, 1.165) is 13.1 Å². The summed E-state index contributed by atoms with van der Waals surface area (Å²) in [6.45, 7) is 2.86. The third-order valence-corrected chi connectivity index (χ3v) is 7.39. The number of halogens is 9. The summed E-state index contributed by atoms with van der Waals surface area (Å²) in [5.74, 6) is -1.19. The molecular formula is C26H25F9N2O3. The van der Waals surface area contributed by atoms with Crippen molar-refractivity contribution >= 4 is 11.5 Å². The maximum absolute atomic E-state index is 13.5. The van der Waals surface area contributed by atoms with E-state index < -0.39 is 58.9 Å². The number of rotatable bonds is 5. The molecule has 0 saturated carbocycles. The molecule has 1 aliphatic carbocycles. The third-order valence-electron chi connectivity index (χ3n) is 7.39. The van der Waals surface area contributed by atoms with Gasteiger partial charge in [-0.25, -0.2) is 0 Å². The zero-order valence-corrected chi connectivity index (χ0v) is 21.3. The van der Waals surface area contributed by atoms with Crippen LogP contribution in [-0.4, -0.2) is 68.5 Å². The standard InChI is InChI=1S/C26H25F9N2O3/c1-36-3-5-37(6-4-36)20-11-15-10-16(22(38)19(15)13-21(20)40-2)7-14-8-17(12-18(9-14)24(27,28)29)23(39,25(30,31)32)26(33,34)35/h8-9,11-13,16,39H,3-7,10H2,1-2H3. The first-order valence-electron chi connectivity index (χ1n) is 12.1. The maximum Gasteiger partial charge on any atom is 0.430 e. The highest BCUT2D eigenvalue weighted by molar-refractivity contribution is 6.03. The highest BCUT2D eigenvalue weighted by atomic mass is 19.4. The van der Waals surface area contributed by atoms with Crippen LogP contribution in [0.5, 0.6) is 5.75 Å². The minimum absolute atomic E-state index is 0.00723. The number of piperazine rings is 1. The monoisotopic (exact) mass is 584 g/mol. The molecule has 1 aliphatic heterocycles. The molecule has 1 heterocycles. The average molecular weight is 584 g/mol. The molecule has 2 aromatic rings. The second kappa shape index (κ2) is 10.1. The van der Waals surface area contributed by atoms with E-state index in [1.165, 1.54) is 13.2 Å². The van der Waals surface area contributed by atoms with Crippen LogP contribution >= 0.6 is 0 Å². The summed E-state index contributed by atoms with van der Waals surface area (Å²) in [4.78, 5) is 17.3. The number of fused-ring (bicyclic) bond motifs is 1. The van der Waals surface area contributed by atoms with Gasteiger partial charge in [0, 0.05) is 43.2 Å². The second-order valence-corrected chi connectivity index (χ2v) is 10.1. The number of hydrogen-bond acceptors (Lipinski definition) is 5. The first-order chi connectivity index (χ1) is 18.4. The summed E-state index contributed by atoms with van der Waals surface area (Å²) in [6.07, 6.45) is -18.6. The molecule has 4 rings (SSSR count). The molecular weight excluding hydrogens is 559 g/mol. The fourth-order valence-electron chi connectivity index (χ4n) is 5.17. The van der Waals surface area contributed by atoms with Crippen molar-refractivity contribution in [2.75, 3.05) is 45.2 Å². The summed E-state index contributed by atoms with van der Waals surface area (Å²) in [7, 11) is 3.37. The maximum atomic E-state index is 13.5. The van der Waals surface area contributed by atoms with Gasteiger partial charge in [-0.15, -0.1) is 0 Å². The predicted molar refractivity (Wildman–Crippen MR) is 125 cm³/mol. The van der Waals surface area contributed by atoms with Crippen molar-refractivity contribution in [2.24, 2.45) is 5.92 Å². The van der Waals surface area contributed by atoms with Gasteiger partial charge in [-0.05, 0) is 55.3 Å². The lowest BCUT2D eigenvalue weighted by Crippen LogP contribution is -2.54. The first-order valence-corrected chi connectivity index (χ1v) is 12.1. The molecule has 1 N–H and O–H groups in total. The summed E-state index contributed by atoms with van der Waals surface area (Å²) in [5.41, 5.74) is -8.54. The van der Waals surface area contributed by atoms with Crippen LogP contribution in [0.3, 0.4) is 0 Å². The number of anilines is 1. The van der Waals surface area contributed by atoms with Gasteiger partial charge in [0.15, 0.2) is 5.78 Å². The van der Waals surface area contributed by atoms with E-state index in [1.807, 2.05) is 11.9 Å². The fraction of sp³-hybridized carbons (Fsp3) is 0.500. The van der Waals surface area contributed by atoms with E-state index in [0.29, 0.717) is 36.2 Å². The molecule has 2 aliphatic rings. The summed E-state index contributed by atoms with van der Waals surface area (Å²) in [5, 5.41) is 9.75. The summed E-state index contributed by atoms with van der Waals surface area (Å²) in [6, 6.07) is 3.46. The largest absolute Gasteiger partial charge is 0.495 e. The quantitative estimate of drug-likeness (QED) is 0.479. The molecule has 2 aromatic carbocycles. The molecule has 40 heavy (non-hydrogen) atoms. The van der Waals surface area contributed by atoms with Crippen LogP contribution in [0, 0.1) is 5.92 Å². The number of nitrogens with zero attached hydrogens (tertiary/aromatic N) is 2. The Morgan fingerprint density at radius 1 is 0.875 bits per heavy atom. The van der Waals surface area contributed by atoms with Crippen molar-refractivity contribution in [2.45, 2.75) is 37.0 Å². The van der Waals surface area contributed by atoms with Crippen LogP contribution in [0.4, 0.5) is 45.2 Å². The van der Waals surface area contributed by atoms with Gasteiger partial charge >= 0.3 is 18.5 Å². The van der Waals surface area contributed by atoms with E-state index in [9.17, 15) is 49.4 Å². The lowest BCUT2D eigenvalue weighted by molar-refractivity contribution is -0.376. The molecule has 1 unspecified atom stereocenters. The van der Waals surface area contributed by atoms with Crippen molar-refractivity contribution < 1.29 is 54.2 Å². The smallest absolute Gasteiger partial charge is 0.430 e.